The van der Waals surface area contributed by atoms with Crippen LogP contribution in [-0.4, -0.2) is 31.7 Å². The van der Waals surface area contributed by atoms with Crippen molar-refractivity contribution in [2.45, 2.75) is 26.8 Å². The summed E-state index contributed by atoms with van der Waals surface area (Å²) in [4.78, 5) is 16.8. The van der Waals surface area contributed by atoms with Crippen molar-refractivity contribution in [1.82, 2.24) is 25.1 Å². The third-order valence-corrected chi connectivity index (χ3v) is 3.55. The third kappa shape index (κ3) is 4.09. The molecule has 0 spiro atoms. The second-order valence-electron chi connectivity index (χ2n) is 5.73. The lowest BCUT2D eigenvalue weighted by atomic mass is 10.0. The van der Waals surface area contributed by atoms with E-state index in [0.717, 1.165) is 5.56 Å². The summed E-state index contributed by atoms with van der Waals surface area (Å²) in [7, 11) is 0. The Morgan fingerprint density at radius 3 is 2.72 bits per heavy atom. The molecule has 0 aliphatic rings. The minimum atomic E-state index is -0.188. The molecule has 8 heteroatoms. The fourth-order valence-electron chi connectivity index (χ4n) is 2.30. The Morgan fingerprint density at radius 2 is 2.00 bits per heavy atom. The summed E-state index contributed by atoms with van der Waals surface area (Å²) in [5.41, 5.74) is 0.855. The van der Waals surface area contributed by atoms with E-state index in [1.54, 1.807) is 18.5 Å². The van der Waals surface area contributed by atoms with E-state index in [-0.39, 0.29) is 12.0 Å². The molecule has 0 radical (unpaired) electrons. The normalized spacial score (nSPS) is 12.2. The molecule has 0 saturated carbocycles. The molecule has 3 aromatic rings. The van der Waals surface area contributed by atoms with Gasteiger partial charge in [-0.3, -0.25) is 4.98 Å². The Labute approximate surface area is 145 Å². The minimum Gasteiger partial charge on any atom is -0.478 e. The van der Waals surface area contributed by atoms with Gasteiger partial charge in [-0.15, -0.1) is 0 Å². The van der Waals surface area contributed by atoms with Crippen molar-refractivity contribution < 1.29 is 9.26 Å². The van der Waals surface area contributed by atoms with Crippen LogP contribution >= 0.6 is 0 Å². The van der Waals surface area contributed by atoms with Crippen molar-refractivity contribution in [3.05, 3.63) is 42.8 Å². The molecule has 0 fully saturated rings. The zero-order chi connectivity index (χ0) is 17.6. The topological polar surface area (TPSA) is 98.8 Å². The van der Waals surface area contributed by atoms with Gasteiger partial charge >= 0.3 is 0 Å². The number of hydrogen-bond acceptors (Lipinski definition) is 8. The largest absolute Gasteiger partial charge is 0.478 e. The van der Waals surface area contributed by atoms with Gasteiger partial charge in [0.25, 0.3) is 0 Å². The summed E-state index contributed by atoms with van der Waals surface area (Å²) >= 11 is 0. The van der Waals surface area contributed by atoms with Crippen LogP contribution < -0.4 is 10.1 Å². The molecule has 0 aromatic carbocycles. The highest BCUT2D eigenvalue weighted by molar-refractivity contribution is 5.52. The summed E-state index contributed by atoms with van der Waals surface area (Å²) in [6.45, 7) is 6.59. The van der Waals surface area contributed by atoms with Crippen molar-refractivity contribution in [2.24, 2.45) is 5.92 Å². The first-order chi connectivity index (χ1) is 12.2. The first-order valence-electron chi connectivity index (χ1n) is 8.12. The van der Waals surface area contributed by atoms with E-state index in [1.807, 2.05) is 19.1 Å². The monoisotopic (exact) mass is 340 g/mol. The molecule has 3 aromatic heterocycles. The van der Waals surface area contributed by atoms with Gasteiger partial charge in [-0.05, 0) is 25.0 Å². The van der Waals surface area contributed by atoms with Gasteiger partial charge in [0, 0.05) is 24.0 Å². The van der Waals surface area contributed by atoms with Gasteiger partial charge in [0.05, 0.1) is 6.61 Å². The van der Waals surface area contributed by atoms with E-state index in [1.165, 1.54) is 6.33 Å². The lowest BCUT2D eigenvalue weighted by Crippen LogP contribution is -2.18. The van der Waals surface area contributed by atoms with E-state index in [9.17, 15) is 0 Å². The Morgan fingerprint density at radius 1 is 1.20 bits per heavy atom. The summed E-state index contributed by atoms with van der Waals surface area (Å²) < 4.78 is 10.9. The van der Waals surface area contributed by atoms with Crippen molar-refractivity contribution in [3.63, 3.8) is 0 Å². The smallest absolute Gasteiger partial charge is 0.249 e. The molecular formula is C17H20N6O2. The number of pyridine rings is 1. The van der Waals surface area contributed by atoms with Gasteiger partial charge in [0.1, 0.15) is 18.2 Å². The number of ether oxygens (including phenoxy) is 1. The molecule has 0 amide bonds. The maximum atomic E-state index is 5.47. The number of rotatable bonds is 7. The molecule has 3 rings (SSSR count). The molecule has 0 aliphatic carbocycles. The summed E-state index contributed by atoms with van der Waals surface area (Å²) in [6.07, 6.45) is 4.85. The summed E-state index contributed by atoms with van der Waals surface area (Å²) in [5.74, 6) is 2.39. The Hall–Kier alpha value is -3.03. The predicted octanol–water partition coefficient (Wildman–Crippen LogP) is 3.13. The molecule has 130 valence electrons. The van der Waals surface area contributed by atoms with E-state index < -0.39 is 0 Å². The van der Waals surface area contributed by atoms with Crippen LogP contribution in [0.2, 0.25) is 0 Å². The van der Waals surface area contributed by atoms with Crippen LogP contribution in [-0.2, 0) is 0 Å². The van der Waals surface area contributed by atoms with E-state index in [2.05, 4.69) is 44.3 Å². The molecule has 0 bridgehead atoms. The maximum Gasteiger partial charge on any atom is 0.249 e. The fraction of sp³-hybridized carbons (Fsp3) is 0.353. The van der Waals surface area contributed by atoms with Crippen LogP contribution in [0.25, 0.3) is 11.4 Å². The molecular weight excluding hydrogens is 320 g/mol. The maximum absolute atomic E-state index is 5.47. The average molecular weight is 340 g/mol. The van der Waals surface area contributed by atoms with E-state index in [0.29, 0.717) is 30.0 Å². The minimum absolute atomic E-state index is 0.188. The van der Waals surface area contributed by atoms with Crippen LogP contribution in [0.4, 0.5) is 5.82 Å². The Kier molecular flexibility index (Phi) is 5.17. The highest BCUT2D eigenvalue weighted by atomic mass is 16.5. The molecule has 1 unspecified atom stereocenters. The van der Waals surface area contributed by atoms with Gasteiger partial charge in [-0.1, -0.05) is 19.0 Å². The van der Waals surface area contributed by atoms with Crippen LogP contribution in [0.3, 0.4) is 0 Å². The van der Waals surface area contributed by atoms with Crippen molar-refractivity contribution in [3.8, 4) is 17.3 Å². The molecule has 0 aliphatic heterocycles. The molecule has 3 heterocycles. The molecule has 25 heavy (non-hydrogen) atoms. The van der Waals surface area contributed by atoms with Gasteiger partial charge in [-0.25, -0.2) is 9.97 Å². The number of anilines is 1. The predicted molar refractivity (Wildman–Crippen MR) is 91.9 cm³/mol. The first kappa shape index (κ1) is 16.8. The summed E-state index contributed by atoms with van der Waals surface area (Å²) in [5, 5.41) is 7.39. The second-order valence-corrected chi connectivity index (χ2v) is 5.73. The van der Waals surface area contributed by atoms with Crippen LogP contribution in [0.15, 0.2) is 41.4 Å². The SMILES string of the molecule is CCOc1cc(NC(c2nc(-c3ccncc3)no2)C(C)C)ncn1. The molecule has 8 nitrogen and oxygen atoms in total. The van der Waals surface area contributed by atoms with Crippen LogP contribution in [0.5, 0.6) is 5.88 Å². The quantitative estimate of drug-likeness (QED) is 0.700. The highest BCUT2D eigenvalue weighted by Crippen LogP contribution is 2.27. The van der Waals surface area contributed by atoms with Gasteiger partial charge in [-0.2, -0.15) is 4.98 Å². The lowest BCUT2D eigenvalue weighted by Gasteiger charge is -2.19. The van der Waals surface area contributed by atoms with Crippen LogP contribution in [0.1, 0.15) is 32.7 Å². The van der Waals surface area contributed by atoms with Gasteiger partial charge < -0.3 is 14.6 Å². The molecule has 1 N–H and O–H groups in total. The molecule has 0 saturated heterocycles. The fourth-order valence-corrected chi connectivity index (χ4v) is 2.30. The second kappa shape index (κ2) is 7.69. The Balaban J connectivity index is 1.82. The Bertz CT molecular complexity index is 806. The number of aromatic nitrogens is 5. The zero-order valence-electron chi connectivity index (χ0n) is 14.4. The third-order valence-electron chi connectivity index (χ3n) is 3.55. The standard InChI is InChI=1S/C17H20N6O2/c1-4-24-14-9-13(19-10-20-14)21-15(11(2)3)17-22-16(23-25-17)12-5-7-18-8-6-12/h5-11,15H,4H2,1-3H3,(H,19,20,21). The lowest BCUT2D eigenvalue weighted by molar-refractivity contribution is 0.325. The average Bonchev–Trinajstić information content (AvgIpc) is 3.10. The van der Waals surface area contributed by atoms with Crippen LogP contribution in [0, 0.1) is 5.92 Å². The van der Waals surface area contributed by atoms with E-state index in [4.69, 9.17) is 9.26 Å². The zero-order valence-corrected chi connectivity index (χ0v) is 14.4. The number of hydrogen-bond donors (Lipinski definition) is 1. The number of nitrogens with one attached hydrogen (secondary N) is 1. The highest BCUT2D eigenvalue weighted by Gasteiger charge is 2.23. The first-order valence-corrected chi connectivity index (χ1v) is 8.12. The van der Waals surface area contributed by atoms with Crippen molar-refractivity contribution in [2.75, 3.05) is 11.9 Å². The van der Waals surface area contributed by atoms with Gasteiger partial charge in [0.2, 0.25) is 17.6 Å². The van der Waals surface area contributed by atoms with Crippen molar-refractivity contribution in [1.29, 1.82) is 0 Å². The molecule has 1 atom stereocenters. The van der Waals surface area contributed by atoms with Gasteiger partial charge in [0.15, 0.2) is 0 Å². The number of nitrogens with zero attached hydrogens (tertiary/aromatic N) is 5. The van der Waals surface area contributed by atoms with Crippen molar-refractivity contribution >= 4 is 5.82 Å². The van der Waals surface area contributed by atoms with E-state index >= 15 is 0 Å². The summed E-state index contributed by atoms with van der Waals surface area (Å²) in [6, 6.07) is 5.24.